The van der Waals surface area contributed by atoms with Crippen LogP contribution in [0.1, 0.15) is 36.8 Å². The van der Waals surface area contributed by atoms with Gasteiger partial charge in [0.2, 0.25) is 0 Å². The molecule has 1 fully saturated rings. The molecule has 1 aliphatic rings. The van der Waals surface area contributed by atoms with Crippen LogP contribution in [-0.4, -0.2) is 20.9 Å². The molecule has 1 aliphatic carbocycles. The molecule has 0 spiro atoms. The zero-order valence-corrected chi connectivity index (χ0v) is 11.5. The average Bonchev–Trinajstić information content (AvgIpc) is 2.22. The minimum absolute atomic E-state index is 0.137. The maximum Gasteiger partial charge on any atom is 0.304 e. The third-order valence-corrected chi connectivity index (χ3v) is 4.99. The van der Waals surface area contributed by atoms with Crippen molar-refractivity contribution in [3.05, 3.63) is 23.3 Å². The highest BCUT2D eigenvalue weighted by atomic mass is 32.2. The van der Waals surface area contributed by atoms with Gasteiger partial charge in [0.25, 0.3) is 0 Å². The summed E-state index contributed by atoms with van der Waals surface area (Å²) in [5.41, 5.74) is 1.70. The van der Waals surface area contributed by atoms with E-state index in [1.807, 2.05) is 26.0 Å². The summed E-state index contributed by atoms with van der Waals surface area (Å²) in [6.45, 7) is 3.74. The van der Waals surface area contributed by atoms with Gasteiger partial charge < -0.3 is 10.2 Å². The van der Waals surface area contributed by atoms with Gasteiger partial charge in [-0.1, -0.05) is 6.42 Å². The summed E-state index contributed by atoms with van der Waals surface area (Å²) >= 11 is 1.65. The van der Waals surface area contributed by atoms with Crippen LogP contribution in [0.15, 0.2) is 17.0 Å². The molecule has 0 radical (unpaired) electrons. The Morgan fingerprint density at radius 1 is 1.33 bits per heavy atom. The largest absolute Gasteiger partial charge is 0.507 e. The van der Waals surface area contributed by atoms with Gasteiger partial charge in [-0.05, 0) is 49.9 Å². The molecule has 0 heterocycles. The molecular weight excluding hydrogens is 248 g/mol. The van der Waals surface area contributed by atoms with Crippen LogP contribution in [0.25, 0.3) is 0 Å². The van der Waals surface area contributed by atoms with Gasteiger partial charge in [0.15, 0.2) is 0 Å². The minimum atomic E-state index is -0.727. The summed E-state index contributed by atoms with van der Waals surface area (Å²) in [5.74, 6) is -0.394. The van der Waals surface area contributed by atoms with Crippen LogP contribution in [0.2, 0.25) is 0 Å². The van der Waals surface area contributed by atoms with Gasteiger partial charge in [0, 0.05) is 9.64 Å². The normalized spacial score (nSPS) is 17.2. The predicted molar refractivity (Wildman–Crippen MR) is 72.3 cm³/mol. The zero-order valence-electron chi connectivity index (χ0n) is 10.7. The summed E-state index contributed by atoms with van der Waals surface area (Å²) in [4.78, 5) is 12.0. The van der Waals surface area contributed by atoms with Crippen molar-refractivity contribution in [3.63, 3.8) is 0 Å². The number of aliphatic carboxylic acids is 1. The molecule has 0 aliphatic heterocycles. The number of carbonyl (C=O) groups is 1. The van der Waals surface area contributed by atoms with Gasteiger partial charge in [0.1, 0.15) is 5.75 Å². The number of aryl methyl sites for hydroxylation is 2. The van der Waals surface area contributed by atoms with Gasteiger partial charge >= 0.3 is 5.97 Å². The Labute approximate surface area is 111 Å². The molecule has 0 amide bonds. The Hall–Kier alpha value is -1.16. The molecule has 0 unspecified atom stereocenters. The lowest BCUT2D eigenvalue weighted by molar-refractivity contribution is -0.138. The van der Waals surface area contributed by atoms with E-state index in [0.717, 1.165) is 35.3 Å². The van der Waals surface area contributed by atoms with Crippen molar-refractivity contribution in [1.82, 2.24) is 0 Å². The van der Waals surface area contributed by atoms with Gasteiger partial charge in [-0.15, -0.1) is 11.8 Å². The topological polar surface area (TPSA) is 57.5 Å². The fourth-order valence-electron chi connectivity index (χ4n) is 2.39. The first-order valence-corrected chi connectivity index (χ1v) is 6.94. The maximum absolute atomic E-state index is 10.9. The monoisotopic (exact) mass is 266 g/mol. The van der Waals surface area contributed by atoms with E-state index in [1.165, 1.54) is 0 Å². The van der Waals surface area contributed by atoms with E-state index >= 15 is 0 Å². The Morgan fingerprint density at radius 2 is 1.89 bits per heavy atom. The average molecular weight is 266 g/mol. The van der Waals surface area contributed by atoms with Crippen LogP contribution in [0.4, 0.5) is 0 Å². The molecule has 98 valence electrons. The number of benzene rings is 1. The fraction of sp³-hybridized carbons (Fsp3) is 0.500. The molecule has 0 bridgehead atoms. The number of carboxylic acid groups (broad SMARTS) is 1. The van der Waals surface area contributed by atoms with Crippen LogP contribution in [0.3, 0.4) is 0 Å². The molecule has 1 aromatic carbocycles. The second kappa shape index (κ2) is 4.84. The summed E-state index contributed by atoms with van der Waals surface area (Å²) in [6.07, 6.45) is 3.25. The second-order valence-electron chi connectivity index (χ2n) is 5.11. The number of carboxylic acids is 1. The van der Waals surface area contributed by atoms with Gasteiger partial charge in [-0.25, -0.2) is 0 Å². The summed E-state index contributed by atoms with van der Waals surface area (Å²) in [7, 11) is 0. The molecule has 2 rings (SSSR count). The molecule has 0 saturated heterocycles. The Balaban J connectivity index is 2.20. The van der Waals surface area contributed by atoms with Crippen molar-refractivity contribution in [2.45, 2.75) is 49.2 Å². The number of aromatic hydroxyl groups is 1. The number of rotatable bonds is 4. The number of hydrogen-bond acceptors (Lipinski definition) is 3. The molecule has 4 heteroatoms. The van der Waals surface area contributed by atoms with Gasteiger partial charge in [-0.2, -0.15) is 0 Å². The molecule has 3 nitrogen and oxygen atoms in total. The zero-order chi connectivity index (χ0) is 13.3. The number of phenolic OH excluding ortho intramolecular Hbond substituents is 1. The highest BCUT2D eigenvalue weighted by Gasteiger charge is 2.40. The van der Waals surface area contributed by atoms with Crippen LogP contribution in [0, 0.1) is 13.8 Å². The van der Waals surface area contributed by atoms with E-state index in [4.69, 9.17) is 5.11 Å². The molecular formula is C14H18O3S. The van der Waals surface area contributed by atoms with Crippen LogP contribution >= 0.6 is 11.8 Å². The molecule has 0 atom stereocenters. The van der Waals surface area contributed by atoms with Crippen LogP contribution in [0.5, 0.6) is 5.75 Å². The van der Waals surface area contributed by atoms with Gasteiger partial charge in [0.05, 0.1) is 6.42 Å². The lowest BCUT2D eigenvalue weighted by atomic mass is 9.82. The Morgan fingerprint density at radius 3 is 2.28 bits per heavy atom. The summed E-state index contributed by atoms with van der Waals surface area (Å²) in [6, 6.07) is 3.88. The molecule has 2 N–H and O–H groups in total. The van der Waals surface area contributed by atoms with E-state index < -0.39 is 5.97 Å². The number of thioether (sulfide) groups is 1. The SMILES string of the molecule is Cc1cc(SC2(CC(=O)O)CCC2)cc(C)c1O. The smallest absolute Gasteiger partial charge is 0.304 e. The van der Waals surface area contributed by atoms with Crippen molar-refractivity contribution < 1.29 is 15.0 Å². The Bertz CT molecular complexity index is 455. The van der Waals surface area contributed by atoms with Crippen LogP contribution < -0.4 is 0 Å². The highest BCUT2D eigenvalue weighted by molar-refractivity contribution is 8.00. The van der Waals surface area contributed by atoms with Crippen molar-refractivity contribution >= 4 is 17.7 Å². The third-order valence-electron chi connectivity index (χ3n) is 3.54. The number of hydrogen-bond donors (Lipinski definition) is 2. The lowest BCUT2D eigenvalue weighted by Gasteiger charge is -2.40. The molecule has 18 heavy (non-hydrogen) atoms. The van der Waals surface area contributed by atoms with E-state index in [1.54, 1.807) is 11.8 Å². The van der Waals surface area contributed by atoms with Crippen molar-refractivity contribution in [2.24, 2.45) is 0 Å². The Kier molecular flexibility index (Phi) is 3.57. The first kappa shape index (κ1) is 13.3. The fourth-order valence-corrected chi connectivity index (χ4v) is 4.05. The third kappa shape index (κ3) is 2.64. The first-order valence-electron chi connectivity index (χ1n) is 6.13. The molecule has 0 aromatic heterocycles. The highest BCUT2D eigenvalue weighted by Crippen LogP contribution is 2.50. The van der Waals surface area contributed by atoms with E-state index in [2.05, 4.69) is 0 Å². The van der Waals surface area contributed by atoms with Crippen molar-refractivity contribution in [2.75, 3.05) is 0 Å². The predicted octanol–water partition coefficient (Wildman–Crippen LogP) is 3.50. The maximum atomic E-state index is 10.9. The summed E-state index contributed by atoms with van der Waals surface area (Å²) < 4.78 is -0.137. The minimum Gasteiger partial charge on any atom is -0.507 e. The van der Waals surface area contributed by atoms with E-state index in [9.17, 15) is 9.90 Å². The molecule has 1 saturated carbocycles. The van der Waals surface area contributed by atoms with Crippen molar-refractivity contribution in [3.8, 4) is 5.75 Å². The second-order valence-corrected chi connectivity index (χ2v) is 6.66. The lowest BCUT2D eigenvalue weighted by Crippen LogP contribution is -2.35. The van der Waals surface area contributed by atoms with Crippen LogP contribution in [-0.2, 0) is 4.79 Å². The standard InChI is InChI=1S/C14H18O3S/c1-9-6-11(7-10(2)13(9)17)18-14(4-3-5-14)8-12(15)16/h6-7,17H,3-5,8H2,1-2H3,(H,15,16). The number of phenols is 1. The summed E-state index contributed by atoms with van der Waals surface area (Å²) in [5, 5.41) is 18.7. The van der Waals surface area contributed by atoms with Crippen molar-refractivity contribution in [1.29, 1.82) is 0 Å². The van der Waals surface area contributed by atoms with E-state index in [0.29, 0.717) is 5.75 Å². The van der Waals surface area contributed by atoms with E-state index in [-0.39, 0.29) is 11.2 Å². The first-order chi connectivity index (χ1) is 8.42. The van der Waals surface area contributed by atoms with Gasteiger partial charge in [-0.3, -0.25) is 4.79 Å². The quantitative estimate of drug-likeness (QED) is 0.875. The molecule has 1 aromatic rings.